The Balaban J connectivity index is 1.49. The first-order chi connectivity index (χ1) is 12.2. The summed E-state index contributed by atoms with van der Waals surface area (Å²) in [5.41, 5.74) is 2.08. The van der Waals surface area contributed by atoms with Gasteiger partial charge in [-0.2, -0.15) is 0 Å². The third-order valence-electron chi connectivity index (χ3n) is 5.41. The lowest BCUT2D eigenvalue weighted by Gasteiger charge is -2.43. The van der Waals surface area contributed by atoms with E-state index >= 15 is 0 Å². The van der Waals surface area contributed by atoms with E-state index in [1.54, 1.807) is 0 Å². The lowest BCUT2D eigenvalue weighted by atomic mass is 9.85. The number of halogens is 1. The molecule has 1 amide bonds. The van der Waals surface area contributed by atoms with Crippen LogP contribution < -0.4 is 10.2 Å². The summed E-state index contributed by atoms with van der Waals surface area (Å²) in [6.45, 7) is 3.46. The molecule has 5 heteroatoms. The summed E-state index contributed by atoms with van der Waals surface area (Å²) in [5.74, 6) is 0.186. The second-order valence-corrected chi connectivity index (χ2v) is 8.11. The molecule has 4 rings (SSSR count). The number of hydrogen-bond acceptors (Lipinski definition) is 3. The first-order valence-electron chi connectivity index (χ1n) is 8.75. The van der Waals surface area contributed by atoms with Crippen LogP contribution >= 0.6 is 22.6 Å². The average Bonchev–Trinajstić information content (AvgIpc) is 2.95. The number of nitrogens with one attached hydrogen (secondary N) is 1. The highest BCUT2D eigenvalue weighted by atomic mass is 127. The smallest absolute Gasteiger partial charge is 0.247 e. The number of rotatable bonds is 3. The van der Waals surface area contributed by atoms with Crippen LogP contribution in [0.2, 0.25) is 0 Å². The summed E-state index contributed by atoms with van der Waals surface area (Å²) in [6.07, 6.45) is 1.75. The molecule has 0 radical (unpaired) electrons. The van der Waals surface area contributed by atoms with Crippen molar-refractivity contribution in [2.45, 2.75) is 24.9 Å². The molecule has 0 saturated carbocycles. The predicted octanol–water partition coefficient (Wildman–Crippen LogP) is 3.22. The van der Waals surface area contributed by atoms with E-state index in [9.17, 15) is 4.79 Å². The minimum atomic E-state index is -0.389. The summed E-state index contributed by atoms with van der Waals surface area (Å²) in [5, 5.41) is 3.07. The molecule has 25 heavy (non-hydrogen) atoms. The number of amides is 1. The van der Waals surface area contributed by atoms with E-state index in [1.807, 2.05) is 0 Å². The number of nitrogens with zero attached hydrogens (tertiary/aromatic N) is 2. The number of carbonyl (C=O) groups excluding carboxylic acids is 1. The van der Waals surface area contributed by atoms with E-state index in [4.69, 9.17) is 0 Å². The molecule has 130 valence electrons. The van der Waals surface area contributed by atoms with Crippen LogP contribution in [-0.4, -0.2) is 36.1 Å². The Morgan fingerprint density at radius 3 is 2.36 bits per heavy atom. The van der Waals surface area contributed by atoms with Gasteiger partial charge in [0.2, 0.25) is 5.91 Å². The van der Waals surface area contributed by atoms with Gasteiger partial charge in [-0.05, 0) is 65.3 Å². The van der Waals surface area contributed by atoms with Crippen molar-refractivity contribution in [2.75, 3.05) is 24.7 Å². The van der Waals surface area contributed by atoms with E-state index in [-0.39, 0.29) is 11.4 Å². The maximum Gasteiger partial charge on any atom is 0.247 e. The zero-order chi connectivity index (χ0) is 17.3. The van der Waals surface area contributed by atoms with Crippen molar-refractivity contribution < 1.29 is 4.79 Å². The molecule has 4 nitrogen and oxygen atoms in total. The Bertz CT molecular complexity index is 739. The van der Waals surface area contributed by atoms with Crippen molar-refractivity contribution in [3.8, 4) is 0 Å². The molecule has 0 aromatic heterocycles. The molecular formula is C20H22IN3O. The van der Waals surface area contributed by atoms with Gasteiger partial charge in [0.15, 0.2) is 0 Å². The minimum Gasteiger partial charge on any atom is -0.339 e. The van der Waals surface area contributed by atoms with Crippen molar-refractivity contribution in [1.29, 1.82) is 0 Å². The molecular weight excluding hydrogens is 425 g/mol. The second kappa shape index (κ2) is 6.96. The molecule has 0 aliphatic carbocycles. The zero-order valence-corrected chi connectivity index (χ0v) is 16.3. The molecule has 2 aliphatic rings. The molecule has 2 fully saturated rings. The fourth-order valence-electron chi connectivity index (χ4n) is 3.97. The first-order valence-corrected chi connectivity index (χ1v) is 9.83. The molecule has 2 aromatic rings. The van der Waals surface area contributed by atoms with Crippen LogP contribution in [0.15, 0.2) is 54.6 Å². The Morgan fingerprint density at radius 2 is 1.68 bits per heavy atom. The van der Waals surface area contributed by atoms with Gasteiger partial charge in [0.25, 0.3) is 0 Å². The minimum absolute atomic E-state index is 0.186. The topological polar surface area (TPSA) is 35.6 Å². The molecule has 2 saturated heterocycles. The van der Waals surface area contributed by atoms with E-state index in [0.29, 0.717) is 6.67 Å². The van der Waals surface area contributed by atoms with Crippen LogP contribution in [-0.2, 0) is 11.3 Å². The monoisotopic (exact) mass is 447 g/mol. The lowest BCUT2D eigenvalue weighted by molar-refractivity contribution is -0.125. The summed E-state index contributed by atoms with van der Waals surface area (Å²) >= 11 is 2.32. The summed E-state index contributed by atoms with van der Waals surface area (Å²) in [4.78, 5) is 17.4. The van der Waals surface area contributed by atoms with Crippen LogP contribution in [0.25, 0.3) is 0 Å². The van der Waals surface area contributed by atoms with Crippen LogP contribution in [0.3, 0.4) is 0 Å². The SMILES string of the molecule is O=C1NCN(c2ccc(I)cc2)C12CCN(Cc1ccccc1)CC2. The quantitative estimate of drug-likeness (QED) is 0.735. The number of benzene rings is 2. The third kappa shape index (κ3) is 3.27. The standard InChI is InChI=1S/C20H22IN3O/c21-17-6-8-18(9-7-17)24-15-22-19(25)20(24)10-12-23(13-11-20)14-16-4-2-1-3-5-16/h1-9H,10-15H2,(H,22,25). The Morgan fingerprint density at radius 1 is 1.00 bits per heavy atom. The van der Waals surface area contributed by atoms with Gasteiger partial charge in [0, 0.05) is 28.9 Å². The lowest BCUT2D eigenvalue weighted by Crippen LogP contribution is -2.56. The maximum absolute atomic E-state index is 12.7. The third-order valence-corrected chi connectivity index (χ3v) is 6.13. The van der Waals surface area contributed by atoms with E-state index in [0.717, 1.165) is 38.2 Å². The van der Waals surface area contributed by atoms with Gasteiger partial charge >= 0.3 is 0 Å². The van der Waals surface area contributed by atoms with E-state index in [2.05, 4.69) is 92.3 Å². The fourth-order valence-corrected chi connectivity index (χ4v) is 4.33. The van der Waals surface area contributed by atoms with Crippen LogP contribution in [0.1, 0.15) is 18.4 Å². The molecule has 2 heterocycles. The van der Waals surface area contributed by atoms with Crippen molar-refractivity contribution in [2.24, 2.45) is 0 Å². The van der Waals surface area contributed by atoms with Crippen molar-refractivity contribution in [3.05, 3.63) is 63.7 Å². The Kier molecular flexibility index (Phi) is 4.69. The van der Waals surface area contributed by atoms with Crippen LogP contribution in [0, 0.1) is 3.57 Å². The summed E-state index contributed by atoms with van der Waals surface area (Å²) in [6, 6.07) is 19.0. The Labute approximate surface area is 162 Å². The highest BCUT2D eigenvalue weighted by molar-refractivity contribution is 14.1. The molecule has 0 bridgehead atoms. The number of anilines is 1. The summed E-state index contributed by atoms with van der Waals surface area (Å²) in [7, 11) is 0. The molecule has 1 N–H and O–H groups in total. The van der Waals surface area contributed by atoms with Crippen LogP contribution in [0.5, 0.6) is 0 Å². The number of piperidine rings is 1. The van der Waals surface area contributed by atoms with Gasteiger partial charge in [-0.25, -0.2) is 0 Å². The summed E-state index contributed by atoms with van der Waals surface area (Å²) < 4.78 is 1.21. The van der Waals surface area contributed by atoms with Crippen molar-refractivity contribution in [3.63, 3.8) is 0 Å². The normalized spacial score (nSPS) is 20.0. The molecule has 2 aromatic carbocycles. The predicted molar refractivity (Wildman–Crippen MR) is 108 cm³/mol. The van der Waals surface area contributed by atoms with Crippen molar-refractivity contribution in [1.82, 2.24) is 10.2 Å². The number of hydrogen-bond donors (Lipinski definition) is 1. The van der Waals surface area contributed by atoms with Gasteiger partial charge in [-0.15, -0.1) is 0 Å². The Hall–Kier alpha value is -1.60. The van der Waals surface area contributed by atoms with Gasteiger partial charge in [-0.3, -0.25) is 9.69 Å². The molecule has 1 spiro atoms. The fraction of sp³-hybridized carbons (Fsp3) is 0.350. The van der Waals surface area contributed by atoms with Gasteiger partial charge in [0.05, 0.1) is 6.67 Å². The van der Waals surface area contributed by atoms with E-state index < -0.39 is 0 Å². The molecule has 0 unspecified atom stereocenters. The average molecular weight is 447 g/mol. The van der Waals surface area contributed by atoms with Crippen LogP contribution in [0.4, 0.5) is 5.69 Å². The van der Waals surface area contributed by atoms with Gasteiger partial charge in [-0.1, -0.05) is 30.3 Å². The highest BCUT2D eigenvalue weighted by Gasteiger charge is 2.50. The largest absolute Gasteiger partial charge is 0.339 e. The van der Waals surface area contributed by atoms with E-state index in [1.165, 1.54) is 9.13 Å². The first kappa shape index (κ1) is 16.8. The van der Waals surface area contributed by atoms with Gasteiger partial charge < -0.3 is 10.2 Å². The molecule has 2 aliphatic heterocycles. The van der Waals surface area contributed by atoms with Crippen molar-refractivity contribution >= 4 is 34.2 Å². The second-order valence-electron chi connectivity index (χ2n) is 6.86. The maximum atomic E-state index is 12.7. The number of carbonyl (C=O) groups is 1. The highest BCUT2D eigenvalue weighted by Crippen LogP contribution is 2.36. The molecule has 0 atom stereocenters. The number of likely N-dealkylation sites (tertiary alicyclic amines) is 1. The van der Waals surface area contributed by atoms with Gasteiger partial charge in [0.1, 0.15) is 5.54 Å². The zero-order valence-electron chi connectivity index (χ0n) is 14.1.